The Balaban J connectivity index is 2.36. The largest absolute Gasteiger partial charge is 0.392 e. The van der Waals surface area contributed by atoms with Crippen LogP contribution < -0.4 is 4.72 Å². The second-order valence-corrected chi connectivity index (χ2v) is 6.65. The van der Waals surface area contributed by atoms with Crippen molar-refractivity contribution < 1.29 is 18.3 Å². The number of ether oxygens (including phenoxy) is 1. The molecule has 0 aliphatic carbocycles. The molecule has 0 radical (unpaired) electrons. The van der Waals surface area contributed by atoms with Gasteiger partial charge in [0.1, 0.15) is 0 Å². The van der Waals surface area contributed by atoms with Crippen molar-refractivity contribution in [2.24, 2.45) is 0 Å². The van der Waals surface area contributed by atoms with Crippen LogP contribution in [-0.4, -0.2) is 32.8 Å². The lowest BCUT2D eigenvalue weighted by Crippen LogP contribution is -2.35. The van der Waals surface area contributed by atoms with Crippen LogP contribution in [0.4, 0.5) is 0 Å². The maximum absolute atomic E-state index is 12.3. The summed E-state index contributed by atoms with van der Waals surface area (Å²) >= 11 is 5.90. The molecule has 1 aliphatic heterocycles. The molecule has 1 aliphatic rings. The molecule has 1 unspecified atom stereocenters. The molecule has 0 bridgehead atoms. The van der Waals surface area contributed by atoms with Crippen molar-refractivity contribution >= 4 is 21.6 Å². The average Bonchev–Trinajstić information content (AvgIpc) is 2.83. The van der Waals surface area contributed by atoms with E-state index in [1.165, 1.54) is 6.07 Å². The second-order valence-electron chi connectivity index (χ2n) is 4.53. The van der Waals surface area contributed by atoms with Crippen molar-refractivity contribution in [3.05, 3.63) is 28.3 Å². The molecule has 0 spiro atoms. The van der Waals surface area contributed by atoms with Gasteiger partial charge < -0.3 is 9.84 Å². The van der Waals surface area contributed by atoms with E-state index >= 15 is 0 Å². The highest BCUT2D eigenvalue weighted by Crippen LogP contribution is 2.25. The Morgan fingerprint density at radius 3 is 2.84 bits per heavy atom. The number of benzene rings is 1. The summed E-state index contributed by atoms with van der Waals surface area (Å²) in [5.41, 5.74) is 1.02. The van der Waals surface area contributed by atoms with Gasteiger partial charge in [-0.3, -0.25) is 0 Å². The summed E-state index contributed by atoms with van der Waals surface area (Å²) in [7, 11) is -3.66. The first-order valence-corrected chi connectivity index (χ1v) is 7.80. The van der Waals surface area contributed by atoms with Crippen LogP contribution in [0.15, 0.2) is 17.0 Å². The van der Waals surface area contributed by atoms with Gasteiger partial charge in [-0.25, -0.2) is 13.1 Å². The Kier molecular flexibility index (Phi) is 4.47. The van der Waals surface area contributed by atoms with Gasteiger partial charge in [0.15, 0.2) is 0 Å². The first-order chi connectivity index (χ1) is 8.94. The third-order valence-corrected chi connectivity index (χ3v) is 5.01. The fourth-order valence-electron chi connectivity index (χ4n) is 2.06. The number of halogens is 1. The molecule has 19 heavy (non-hydrogen) atoms. The molecule has 0 saturated carbocycles. The zero-order valence-corrected chi connectivity index (χ0v) is 12.1. The van der Waals surface area contributed by atoms with Crippen LogP contribution in [-0.2, 0) is 21.4 Å². The van der Waals surface area contributed by atoms with E-state index < -0.39 is 10.0 Å². The molecule has 1 fully saturated rings. The van der Waals surface area contributed by atoms with Gasteiger partial charge in [-0.1, -0.05) is 11.6 Å². The van der Waals surface area contributed by atoms with Crippen molar-refractivity contribution in [2.45, 2.75) is 30.9 Å². The van der Waals surface area contributed by atoms with Crippen molar-refractivity contribution in [3.8, 4) is 0 Å². The van der Waals surface area contributed by atoms with Crippen LogP contribution in [0.3, 0.4) is 0 Å². The van der Waals surface area contributed by atoms with Gasteiger partial charge in [0, 0.05) is 17.7 Å². The maximum Gasteiger partial charge on any atom is 0.241 e. The Morgan fingerprint density at radius 2 is 2.26 bits per heavy atom. The summed E-state index contributed by atoms with van der Waals surface area (Å²) < 4.78 is 32.4. The summed E-state index contributed by atoms with van der Waals surface area (Å²) in [6.45, 7) is 2.35. The summed E-state index contributed by atoms with van der Waals surface area (Å²) in [6, 6.07) is 2.75. The summed E-state index contributed by atoms with van der Waals surface area (Å²) in [4.78, 5) is 0.107. The monoisotopic (exact) mass is 305 g/mol. The highest BCUT2D eigenvalue weighted by molar-refractivity contribution is 7.89. The van der Waals surface area contributed by atoms with Crippen molar-refractivity contribution in [2.75, 3.05) is 13.2 Å². The van der Waals surface area contributed by atoms with Gasteiger partial charge in [-0.15, -0.1) is 0 Å². The molecule has 0 aromatic heterocycles. The Labute approximate surface area is 117 Å². The summed E-state index contributed by atoms with van der Waals surface area (Å²) in [5, 5.41) is 9.51. The number of aliphatic hydroxyl groups is 1. The zero-order chi connectivity index (χ0) is 14.0. The standard InChI is InChI=1S/C12H16ClNO4S/c1-8-9(6-15)4-10(13)5-12(8)19(16,17)14-11-2-3-18-7-11/h4-5,11,14-15H,2-3,6-7H2,1H3. The van der Waals surface area contributed by atoms with E-state index in [2.05, 4.69) is 4.72 Å². The molecule has 2 N–H and O–H groups in total. The molecule has 7 heteroatoms. The smallest absolute Gasteiger partial charge is 0.241 e. The van der Waals surface area contributed by atoms with Crippen LogP contribution in [0.5, 0.6) is 0 Å². The van der Waals surface area contributed by atoms with Gasteiger partial charge >= 0.3 is 0 Å². The first kappa shape index (κ1) is 14.7. The van der Waals surface area contributed by atoms with Gasteiger partial charge in [-0.05, 0) is 36.6 Å². The third-order valence-electron chi connectivity index (χ3n) is 3.14. The number of rotatable bonds is 4. The molecule has 1 heterocycles. The third kappa shape index (κ3) is 3.27. The van der Waals surface area contributed by atoms with Crippen LogP contribution in [0, 0.1) is 6.92 Å². The van der Waals surface area contributed by atoms with Crippen LogP contribution in [0.1, 0.15) is 17.5 Å². The first-order valence-electron chi connectivity index (χ1n) is 5.94. The number of hydrogen-bond donors (Lipinski definition) is 2. The number of hydrogen-bond acceptors (Lipinski definition) is 4. The van der Waals surface area contributed by atoms with Crippen LogP contribution in [0.25, 0.3) is 0 Å². The quantitative estimate of drug-likeness (QED) is 0.876. The molecule has 106 valence electrons. The number of nitrogens with one attached hydrogen (secondary N) is 1. The SMILES string of the molecule is Cc1c(CO)cc(Cl)cc1S(=O)(=O)NC1CCOC1. The van der Waals surface area contributed by atoms with Crippen LogP contribution in [0.2, 0.25) is 5.02 Å². The average molecular weight is 306 g/mol. The Hall–Kier alpha value is -0.660. The molecule has 1 aromatic rings. The molecular formula is C12H16ClNO4S. The van der Waals surface area contributed by atoms with E-state index in [0.29, 0.717) is 30.8 Å². The second kappa shape index (κ2) is 5.76. The molecule has 1 aromatic carbocycles. The van der Waals surface area contributed by atoms with E-state index in [-0.39, 0.29) is 22.6 Å². The summed E-state index contributed by atoms with van der Waals surface area (Å²) in [6.07, 6.45) is 0.658. The topological polar surface area (TPSA) is 75.6 Å². The van der Waals surface area contributed by atoms with E-state index in [4.69, 9.17) is 16.3 Å². The maximum atomic E-state index is 12.3. The molecule has 5 nitrogen and oxygen atoms in total. The van der Waals surface area contributed by atoms with Gasteiger partial charge in [0.2, 0.25) is 10.0 Å². The molecule has 0 amide bonds. The van der Waals surface area contributed by atoms with Gasteiger partial charge in [0.05, 0.1) is 18.1 Å². The minimum Gasteiger partial charge on any atom is -0.392 e. The van der Waals surface area contributed by atoms with E-state index in [1.54, 1.807) is 13.0 Å². The molecule has 1 atom stereocenters. The normalized spacial score (nSPS) is 19.8. The van der Waals surface area contributed by atoms with Crippen molar-refractivity contribution in [1.29, 1.82) is 0 Å². The predicted molar refractivity (Wildman–Crippen MR) is 71.7 cm³/mol. The fraction of sp³-hybridized carbons (Fsp3) is 0.500. The highest BCUT2D eigenvalue weighted by Gasteiger charge is 2.25. The van der Waals surface area contributed by atoms with Gasteiger partial charge in [-0.2, -0.15) is 0 Å². The fourth-order valence-corrected chi connectivity index (χ4v) is 3.94. The molecular weight excluding hydrogens is 290 g/mol. The minimum atomic E-state index is -3.66. The Bertz CT molecular complexity index is 567. The van der Waals surface area contributed by atoms with E-state index in [0.717, 1.165) is 0 Å². The Morgan fingerprint density at radius 1 is 1.53 bits per heavy atom. The summed E-state index contributed by atoms with van der Waals surface area (Å²) in [5.74, 6) is 0. The van der Waals surface area contributed by atoms with Crippen molar-refractivity contribution in [3.63, 3.8) is 0 Å². The lowest BCUT2D eigenvalue weighted by atomic mass is 10.1. The lowest BCUT2D eigenvalue weighted by molar-refractivity contribution is 0.192. The van der Waals surface area contributed by atoms with E-state index in [9.17, 15) is 13.5 Å². The van der Waals surface area contributed by atoms with Gasteiger partial charge in [0.25, 0.3) is 0 Å². The predicted octanol–water partition coefficient (Wildman–Crippen LogP) is 1.21. The minimum absolute atomic E-state index is 0.107. The molecule has 1 saturated heterocycles. The highest BCUT2D eigenvalue weighted by atomic mass is 35.5. The zero-order valence-electron chi connectivity index (χ0n) is 10.5. The molecule has 2 rings (SSSR count). The van der Waals surface area contributed by atoms with Crippen LogP contribution >= 0.6 is 11.6 Å². The lowest BCUT2D eigenvalue weighted by Gasteiger charge is -2.15. The van der Waals surface area contributed by atoms with Crippen molar-refractivity contribution in [1.82, 2.24) is 4.72 Å². The number of aliphatic hydroxyl groups excluding tert-OH is 1. The van der Waals surface area contributed by atoms with E-state index in [1.807, 2.05) is 0 Å². The number of sulfonamides is 1.